The molecule has 0 aromatic heterocycles. The number of ether oxygens (including phenoxy) is 1. The molecule has 0 spiro atoms. The summed E-state index contributed by atoms with van der Waals surface area (Å²) in [6, 6.07) is 4.13. The zero-order chi connectivity index (χ0) is 21.3. The Balaban J connectivity index is 1.59. The van der Waals surface area contributed by atoms with Gasteiger partial charge in [-0.15, -0.1) is 0 Å². The van der Waals surface area contributed by atoms with E-state index in [9.17, 15) is 24.0 Å². The van der Waals surface area contributed by atoms with Crippen molar-refractivity contribution in [2.75, 3.05) is 18.5 Å². The van der Waals surface area contributed by atoms with E-state index in [0.717, 1.165) is 4.90 Å². The number of benzene rings is 1. The van der Waals surface area contributed by atoms with Gasteiger partial charge in [0.1, 0.15) is 12.1 Å². The van der Waals surface area contributed by atoms with Crippen LogP contribution in [0.1, 0.15) is 55.5 Å². The van der Waals surface area contributed by atoms with E-state index in [0.29, 0.717) is 29.7 Å². The largest absolute Gasteiger partial charge is 0.456 e. The topological polar surface area (TPSA) is 122 Å². The molecule has 9 nitrogen and oxygen atoms in total. The minimum Gasteiger partial charge on any atom is -0.456 e. The molecule has 4 amide bonds. The van der Waals surface area contributed by atoms with Gasteiger partial charge in [0.25, 0.3) is 5.91 Å². The zero-order valence-electron chi connectivity index (χ0n) is 16.5. The predicted octanol–water partition coefficient (Wildman–Crippen LogP) is 1.58. The minimum absolute atomic E-state index is 0.139. The first-order chi connectivity index (χ1) is 13.7. The second-order valence-corrected chi connectivity index (χ2v) is 7.21. The molecule has 0 bridgehead atoms. The number of Topliss-reactive ketones (excluding diaryl/α,β-unsaturated/α-hetero) is 1. The Morgan fingerprint density at radius 3 is 2.48 bits per heavy atom. The smallest absolute Gasteiger partial charge is 0.326 e. The summed E-state index contributed by atoms with van der Waals surface area (Å²) >= 11 is 0. The molecule has 0 saturated carbocycles. The Hall–Kier alpha value is -3.23. The zero-order valence-corrected chi connectivity index (χ0v) is 16.5. The van der Waals surface area contributed by atoms with Crippen LogP contribution in [0.5, 0.6) is 0 Å². The number of anilines is 1. The third-order valence-electron chi connectivity index (χ3n) is 5.60. The van der Waals surface area contributed by atoms with Gasteiger partial charge < -0.3 is 15.4 Å². The van der Waals surface area contributed by atoms with Gasteiger partial charge in [-0.25, -0.2) is 4.79 Å². The molecule has 2 aliphatic rings. The van der Waals surface area contributed by atoms with Crippen LogP contribution in [0.2, 0.25) is 0 Å². The summed E-state index contributed by atoms with van der Waals surface area (Å²) in [4.78, 5) is 61.5. The van der Waals surface area contributed by atoms with Gasteiger partial charge in [0.15, 0.2) is 12.4 Å². The van der Waals surface area contributed by atoms with Crippen molar-refractivity contribution in [2.45, 2.75) is 45.1 Å². The highest BCUT2D eigenvalue weighted by atomic mass is 16.5. The van der Waals surface area contributed by atoms with Gasteiger partial charge in [-0.3, -0.25) is 24.1 Å². The summed E-state index contributed by atoms with van der Waals surface area (Å²) in [5, 5.41) is 5.34. The van der Waals surface area contributed by atoms with E-state index in [1.54, 1.807) is 39.0 Å². The van der Waals surface area contributed by atoms with E-state index in [1.807, 2.05) is 0 Å². The third-order valence-corrected chi connectivity index (χ3v) is 5.60. The first kappa shape index (κ1) is 20.5. The Morgan fingerprint density at radius 1 is 1.17 bits per heavy atom. The second-order valence-electron chi connectivity index (χ2n) is 7.21. The molecule has 1 saturated heterocycles. The van der Waals surface area contributed by atoms with Gasteiger partial charge >= 0.3 is 12.0 Å². The lowest BCUT2D eigenvalue weighted by atomic mass is 9.93. The van der Waals surface area contributed by atoms with E-state index < -0.39 is 42.4 Å². The number of ketones is 1. The molecular formula is C20H23N3O6. The van der Waals surface area contributed by atoms with E-state index in [4.69, 9.17) is 4.74 Å². The molecule has 3 rings (SSSR count). The van der Waals surface area contributed by atoms with Crippen molar-refractivity contribution >= 4 is 35.3 Å². The van der Waals surface area contributed by atoms with Crippen molar-refractivity contribution in [3.63, 3.8) is 0 Å². The van der Waals surface area contributed by atoms with Crippen LogP contribution >= 0.6 is 0 Å². The number of urea groups is 1. The molecule has 0 unspecified atom stereocenters. The fourth-order valence-electron chi connectivity index (χ4n) is 3.54. The monoisotopic (exact) mass is 401 g/mol. The number of nitrogens with zero attached hydrogens (tertiary/aromatic N) is 1. The summed E-state index contributed by atoms with van der Waals surface area (Å²) in [5.41, 5.74) is 0.678. The summed E-state index contributed by atoms with van der Waals surface area (Å²) < 4.78 is 4.97. The lowest BCUT2D eigenvalue weighted by molar-refractivity contribution is -0.146. The maximum absolute atomic E-state index is 12.5. The number of hydrogen-bond acceptors (Lipinski definition) is 6. The third kappa shape index (κ3) is 3.59. The van der Waals surface area contributed by atoms with Crippen LogP contribution < -0.4 is 10.6 Å². The van der Waals surface area contributed by atoms with Gasteiger partial charge in [0.2, 0.25) is 5.91 Å². The van der Waals surface area contributed by atoms with Gasteiger partial charge in [-0.1, -0.05) is 13.8 Å². The molecule has 2 heterocycles. The number of imide groups is 1. The summed E-state index contributed by atoms with van der Waals surface area (Å²) in [7, 11) is 0. The Kier molecular flexibility index (Phi) is 5.41. The van der Waals surface area contributed by atoms with Crippen LogP contribution in [-0.2, 0) is 19.1 Å². The van der Waals surface area contributed by atoms with E-state index >= 15 is 0 Å². The van der Waals surface area contributed by atoms with Crippen LogP contribution in [0, 0.1) is 0 Å². The van der Waals surface area contributed by atoms with Crippen LogP contribution in [0.4, 0.5) is 10.5 Å². The molecule has 0 radical (unpaired) electrons. The molecular weight excluding hydrogens is 378 g/mol. The number of carbonyl (C=O) groups is 5. The molecule has 2 aliphatic heterocycles. The number of esters is 1. The fourth-order valence-corrected chi connectivity index (χ4v) is 3.54. The van der Waals surface area contributed by atoms with Gasteiger partial charge in [0, 0.05) is 11.3 Å². The van der Waals surface area contributed by atoms with Crippen LogP contribution in [0.3, 0.4) is 0 Å². The van der Waals surface area contributed by atoms with Crippen LogP contribution in [0.25, 0.3) is 0 Å². The number of carbonyl (C=O) groups excluding carboxylic acids is 5. The van der Waals surface area contributed by atoms with Crippen molar-refractivity contribution in [2.24, 2.45) is 0 Å². The number of amides is 4. The average Bonchev–Trinajstić information content (AvgIpc) is 3.13. The van der Waals surface area contributed by atoms with Crippen molar-refractivity contribution in [1.29, 1.82) is 0 Å². The number of hydrogen-bond donors (Lipinski definition) is 2. The van der Waals surface area contributed by atoms with E-state index in [1.165, 1.54) is 0 Å². The van der Waals surface area contributed by atoms with E-state index in [2.05, 4.69) is 10.6 Å². The summed E-state index contributed by atoms with van der Waals surface area (Å²) in [6.45, 7) is 4.22. The molecule has 29 heavy (non-hydrogen) atoms. The van der Waals surface area contributed by atoms with Crippen LogP contribution in [0.15, 0.2) is 18.2 Å². The van der Waals surface area contributed by atoms with Crippen molar-refractivity contribution in [3.05, 3.63) is 29.3 Å². The standard InChI is InChI=1S/C20H23N3O6/c1-4-20(5-2)18(27)23(19(28)22-20)9-16(25)29-10-15(24)12-6-7-14-13(8-12)11(3)17(26)21-14/h6-8,11H,4-5,9-10H2,1-3H3,(H,21,26)(H,22,28)/t11-/m0/s1. The number of rotatable bonds is 7. The first-order valence-electron chi connectivity index (χ1n) is 9.50. The summed E-state index contributed by atoms with van der Waals surface area (Å²) in [6.07, 6.45) is 0.818. The quantitative estimate of drug-likeness (QED) is 0.406. The first-order valence-corrected chi connectivity index (χ1v) is 9.50. The van der Waals surface area contributed by atoms with E-state index in [-0.39, 0.29) is 11.8 Å². The molecule has 1 aromatic carbocycles. The number of fused-ring (bicyclic) bond motifs is 1. The molecule has 154 valence electrons. The average molecular weight is 401 g/mol. The second kappa shape index (κ2) is 7.65. The highest BCUT2D eigenvalue weighted by Crippen LogP contribution is 2.32. The van der Waals surface area contributed by atoms with Crippen molar-refractivity contribution in [1.82, 2.24) is 10.2 Å². The number of nitrogens with one attached hydrogen (secondary N) is 2. The Bertz CT molecular complexity index is 905. The Labute approximate surface area is 167 Å². The van der Waals surface area contributed by atoms with Crippen molar-refractivity contribution in [3.8, 4) is 0 Å². The highest BCUT2D eigenvalue weighted by molar-refractivity contribution is 6.09. The molecule has 1 fully saturated rings. The molecule has 0 aliphatic carbocycles. The maximum atomic E-state index is 12.5. The van der Waals surface area contributed by atoms with Gasteiger partial charge in [-0.2, -0.15) is 0 Å². The molecule has 2 N–H and O–H groups in total. The molecule has 9 heteroatoms. The van der Waals surface area contributed by atoms with Gasteiger partial charge in [-0.05, 0) is 43.5 Å². The Morgan fingerprint density at radius 2 is 1.86 bits per heavy atom. The van der Waals surface area contributed by atoms with Gasteiger partial charge in [0.05, 0.1) is 5.92 Å². The highest BCUT2D eigenvalue weighted by Gasteiger charge is 2.49. The minimum atomic E-state index is -1.00. The fraction of sp³-hybridized carbons (Fsp3) is 0.450. The van der Waals surface area contributed by atoms with Crippen molar-refractivity contribution < 1.29 is 28.7 Å². The summed E-state index contributed by atoms with van der Waals surface area (Å²) in [5.74, 6) is -2.27. The van der Waals surface area contributed by atoms with Crippen LogP contribution in [-0.4, -0.2) is 53.2 Å². The SMILES string of the molecule is CCC1(CC)NC(=O)N(CC(=O)OCC(=O)c2ccc3c(c2)[C@H](C)C(=O)N3)C1=O. The lowest BCUT2D eigenvalue weighted by Crippen LogP contribution is -2.46. The normalized spacial score (nSPS) is 19.6. The maximum Gasteiger partial charge on any atom is 0.326 e. The molecule has 1 atom stereocenters. The lowest BCUT2D eigenvalue weighted by Gasteiger charge is -2.22. The predicted molar refractivity (Wildman–Crippen MR) is 102 cm³/mol. The molecule has 1 aromatic rings.